The number of fused-ring (bicyclic) bond motifs is 2. The van der Waals surface area contributed by atoms with Gasteiger partial charge in [0, 0.05) is 111 Å². The van der Waals surface area contributed by atoms with Crippen LogP contribution in [0.4, 0.5) is 17.1 Å². The van der Waals surface area contributed by atoms with Crippen molar-refractivity contribution >= 4 is 87.5 Å². The molecule has 85 heavy (non-hydrogen) atoms. The number of ether oxygens (including phenoxy) is 2. The summed E-state index contributed by atoms with van der Waals surface area (Å²) in [4.78, 5) is 28.7. The van der Waals surface area contributed by atoms with Gasteiger partial charge in [-0.25, -0.2) is 4.79 Å². The Hall–Kier alpha value is -9.78. The van der Waals surface area contributed by atoms with Crippen molar-refractivity contribution in [1.29, 1.82) is 5.26 Å². The number of nitrogens with zero attached hydrogens (tertiary/aromatic N) is 7. The number of hydrogen-bond acceptors (Lipinski definition) is 6. The Morgan fingerprint density at radius 3 is 1.34 bits per heavy atom. The van der Waals surface area contributed by atoms with Crippen molar-refractivity contribution in [3.63, 3.8) is 0 Å². The molecule has 0 aliphatic rings. The highest BCUT2D eigenvalue weighted by atomic mass is 16.5. The van der Waals surface area contributed by atoms with E-state index in [1.165, 1.54) is 6.08 Å². The lowest BCUT2D eigenvalue weighted by atomic mass is 9.97. The summed E-state index contributed by atoms with van der Waals surface area (Å²) in [6.45, 7) is 22.4. The Labute approximate surface area is 499 Å². The number of aliphatic carboxylic acids is 1. The van der Waals surface area contributed by atoms with E-state index in [9.17, 15) is 20.0 Å². The third-order valence-electron chi connectivity index (χ3n) is 15.5. The molecule has 9 rings (SSSR count). The standard InChI is InChI=1S/C73H75N7O5/c1-7-12-44-76-56(36-38-62(76)49-55(51-74)73(82)83)32-34-58-40-42-68(78(58)46-14-9-3)53-24-28-60(29-25-53)80(71-64-20-16-18-22-66(64)72(84-48-11-5)67-23-19-17-21-65(67)71)61-30-26-54(27-31-61)69-43-41-59(79(69)47-15-10-4)35-33-57-37-39-63(77(57)45-13-8-2)50-70(75-6)85-52-81/h16-43,49-50,52H,7-15,44-48H2,1-5H3,(H,82,83)/b34-32+,35-33+,55-49+,70-50+. The first-order chi connectivity index (χ1) is 41.7. The molecule has 0 bridgehead atoms. The zero-order valence-electron chi connectivity index (χ0n) is 49.5. The van der Waals surface area contributed by atoms with Gasteiger partial charge in [0.2, 0.25) is 0 Å². The number of benzene rings is 5. The maximum Gasteiger partial charge on any atom is 0.349 e. The first-order valence-corrected chi connectivity index (χ1v) is 29.9. The molecule has 0 spiro atoms. The highest BCUT2D eigenvalue weighted by Crippen LogP contribution is 2.48. The summed E-state index contributed by atoms with van der Waals surface area (Å²) >= 11 is 0. The summed E-state index contributed by atoms with van der Waals surface area (Å²) in [6, 6.07) is 53.5. The summed E-state index contributed by atoms with van der Waals surface area (Å²) in [5, 5.41) is 23.4. The lowest BCUT2D eigenvalue weighted by molar-refractivity contribution is -0.132. The topological polar surface area (TPSA) is 124 Å². The molecule has 432 valence electrons. The highest BCUT2D eigenvalue weighted by Gasteiger charge is 2.24. The molecule has 1 N–H and O–H groups in total. The molecule has 4 aromatic heterocycles. The van der Waals surface area contributed by atoms with Gasteiger partial charge in [-0.2, -0.15) is 10.1 Å². The average Bonchev–Trinajstić information content (AvgIpc) is 1.93. The van der Waals surface area contributed by atoms with E-state index in [1.807, 2.05) is 30.3 Å². The van der Waals surface area contributed by atoms with Crippen LogP contribution in [-0.4, -0.2) is 42.4 Å². The molecule has 0 radical (unpaired) electrons. The van der Waals surface area contributed by atoms with Gasteiger partial charge in [0.05, 0.1) is 18.9 Å². The van der Waals surface area contributed by atoms with Gasteiger partial charge in [0.15, 0.2) is 0 Å². The van der Waals surface area contributed by atoms with Crippen LogP contribution in [0.1, 0.15) is 127 Å². The molecule has 0 amide bonds. The van der Waals surface area contributed by atoms with Gasteiger partial charge in [-0.15, -0.1) is 0 Å². The van der Waals surface area contributed by atoms with Crippen LogP contribution in [0.15, 0.2) is 157 Å². The molecule has 0 aliphatic heterocycles. The first kappa shape index (κ1) is 59.8. The summed E-state index contributed by atoms with van der Waals surface area (Å²) in [7, 11) is 0. The molecule has 0 saturated heterocycles. The van der Waals surface area contributed by atoms with E-state index in [0.717, 1.165) is 173 Å². The second kappa shape index (κ2) is 29.0. The Bertz CT molecular complexity index is 3940. The molecule has 0 atom stereocenters. The lowest BCUT2D eigenvalue weighted by Crippen LogP contribution is -2.12. The summed E-state index contributed by atoms with van der Waals surface area (Å²) in [6.07, 6.45) is 20.4. The Morgan fingerprint density at radius 2 is 0.941 bits per heavy atom. The van der Waals surface area contributed by atoms with E-state index in [0.29, 0.717) is 25.3 Å². The summed E-state index contributed by atoms with van der Waals surface area (Å²) in [5.74, 6) is -0.416. The number of nitriles is 1. The van der Waals surface area contributed by atoms with Gasteiger partial charge < -0.3 is 37.7 Å². The fourth-order valence-corrected chi connectivity index (χ4v) is 11.1. The van der Waals surface area contributed by atoms with Crippen LogP contribution in [0.2, 0.25) is 0 Å². The molecular formula is C73H75N7O5. The van der Waals surface area contributed by atoms with Gasteiger partial charge in [0.25, 0.3) is 6.47 Å². The van der Waals surface area contributed by atoms with Crippen molar-refractivity contribution < 1.29 is 24.2 Å². The smallest absolute Gasteiger partial charge is 0.349 e. The van der Waals surface area contributed by atoms with Crippen molar-refractivity contribution in [3.05, 3.63) is 203 Å². The molecule has 9 aromatic rings. The molecule has 0 saturated carbocycles. The van der Waals surface area contributed by atoms with E-state index < -0.39 is 5.97 Å². The quantitative estimate of drug-likeness (QED) is 0.0124. The summed E-state index contributed by atoms with van der Waals surface area (Å²) in [5.41, 5.74) is 12.8. The van der Waals surface area contributed by atoms with Crippen molar-refractivity contribution in [1.82, 2.24) is 18.3 Å². The minimum atomic E-state index is -1.24. The zero-order chi connectivity index (χ0) is 59.7. The van der Waals surface area contributed by atoms with Crippen molar-refractivity contribution in [2.75, 3.05) is 11.5 Å². The molecule has 4 heterocycles. The minimum Gasteiger partial charge on any atom is -0.492 e. The maximum atomic E-state index is 11.8. The number of unbranched alkanes of at least 4 members (excludes halogenated alkanes) is 4. The summed E-state index contributed by atoms with van der Waals surface area (Å²) < 4.78 is 20.6. The SMILES string of the molecule is [C-]#[N+]/C(=C\c1ccc(/C=C/c2ccc(-c3ccc(N(c4ccc(-c5ccc(/C=C/c6ccc(/C=C(\C#N)C(=O)O)n6CCCC)n5CCCC)cc4)c4c5ccccc5c(OCCC)c5ccccc45)cc3)n2CCCC)n1CCCC)OC=O. The number of carboxylic acid groups (broad SMARTS) is 1. The predicted octanol–water partition coefficient (Wildman–Crippen LogP) is 18.7. The van der Waals surface area contributed by atoms with E-state index in [1.54, 1.807) is 6.08 Å². The number of rotatable bonds is 29. The normalized spacial score (nSPS) is 11.9. The second-order valence-electron chi connectivity index (χ2n) is 21.2. The van der Waals surface area contributed by atoms with Gasteiger partial charge in [-0.1, -0.05) is 133 Å². The van der Waals surface area contributed by atoms with E-state index in [4.69, 9.17) is 16.0 Å². The van der Waals surface area contributed by atoms with Crippen LogP contribution < -0.4 is 9.64 Å². The van der Waals surface area contributed by atoms with Crippen molar-refractivity contribution in [2.24, 2.45) is 0 Å². The number of carbonyl (C=O) groups is 2. The van der Waals surface area contributed by atoms with Crippen LogP contribution in [0.25, 0.3) is 85.4 Å². The fraction of sp³-hybridized carbons (Fsp3) is 0.260. The maximum absolute atomic E-state index is 11.8. The lowest BCUT2D eigenvalue weighted by Gasteiger charge is -2.29. The van der Waals surface area contributed by atoms with E-state index >= 15 is 0 Å². The number of aromatic nitrogens is 4. The third-order valence-corrected chi connectivity index (χ3v) is 15.5. The second-order valence-corrected chi connectivity index (χ2v) is 21.2. The number of hydrogen-bond donors (Lipinski definition) is 1. The van der Waals surface area contributed by atoms with Gasteiger partial charge in [-0.3, -0.25) is 4.79 Å². The number of carboxylic acids is 1. The molecule has 12 heteroatoms. The fourth-order valence-electron chi connectivity index (χ4n) is 11.1. The molecule has 0 fully saturated rings. The Morgan fingerprint density at radius 1 is 0.541 bits per heavy atom. The molecule has 12 nitrogen and oxygen atoms in total. The average molecular weight is 1130 g/mol. The van der Waals surface area contributed by atoms with E-state index in [-0.39, 0.29) is 11.5 Å². The van der Waals surface area contributed by atoms with Crippen molar-refractivity contribution in [2.45, 2.75) is 119 Å². The van der Waals surface area contributed by atoms with Crippen molar-refractivity contribution in [3.8, 4) is 34.3 Å². The van der Waals surface area contributed by atoms with Crippen LogP contribution in [-0.2, 0) is 40.5 Å². The zero-order valence-corrected chi connectivity index (χ0v) is 49.5. The van der Waals surface area contributed by atoms with Gasteiger partial charge in [0.1, 0.15) is 17.4 Å². The largest absolute Gasteiger partial charge is 0.492 e. The molecule has 0 unspecified atom stereocenters. The van der Waals surface area contributed by atoms with Gasteiger partial charge >= 0.3 is 11.9 Å². The van der Waals surface area contributed by atoms with Gasteiger partial charge in [-0.05, 0) is 146 Å². The Balaban J connectivity index is 1.12. The minimum absolute atomic E-state index is 0.0664. The third kappa shape index (κ3) is 13.5. The van der Waals surface area contributed by atoms with Crippen LogP contribution >= 0.6 is 0 Å². The Kier molecular flexibility index (Phi) is 20.4. The van der Waals surface area contributed by atoms with Crippen LogP contribution in [0.3, 0.4) is 0 Å². The first-order valence-electron chi connectivity index (χ1n) is 29.9. The monoisotopic (exact) mass is 1130 g/mol. The number of anilines is 3. The number of carbonyl (C=O) groups excluding carboxylic acids is 1. The molecular weight excluding hydrogens is 1050 g/mol. The highest BCUT2D eigenvalue weighted by molar-refractivity contribution is 6.18. The predicted molar refractivity (Wildman–Crippen MR) is 348 cm³/mol. The van der Waals surface area contributed by atoms with E-state index in [2.05, 4.69) is 208 Å². The van der Waals surface area contributed by atoms with Crippen LogP contribution in [0, 0.1) is 17.9 Å². The molecule has 5 aromatic carbocycles. The molecule has 0 aliphatic carbocycles. The van der Waals surface area contributed by atoms with Crippen LogP contribution in [0.5, 0.6) is 5.75 Å².